The molecule has 4 nitrogen and oxygen atoms in total. The first kappa shape index (κ1) is 7.72. The highest BCUT2D eigenvalue weighted by atomic mass is 16.6. The van der Waals surface area contributed by atoms with Crippen LogP contribution in [-0.2, 0) is 0 Å². The normalized spacial score (nSPS) is 9.55. The SMILES string of the molecule is Bc1ccc([N+](=O)[O-])c(C)n1. The van der Waals surface area contributed by atoms with E-state index in [2.05, 4.69) is 4.98 Å². The molecule has 0 aliphatic carbocycles. The van der Waals surface area contributed by atoms with Gasteiger partial charge in [-0.25, -0.2) is 0 Å². The van der Waals surface area contributed by atoms with Crippen molar-refractivity contribution in [2.24, 2.45) is 0 Å². The monoisotopic (exact) mass is 150 g/mol. The van der Waals surface area contributed by atoms with Crippen LogP contribution in [-0.4, -0.2) is 17.8 Å². The van der Waals surface area contributed by atoms with E-state index in [1.165, 1.54) is 6.07 Å². The molecule has 0 saturated carbocycles. The molecule has 0 spiro atoms. The van der Waals surface area contributed by atoms with Crippen LogP contribution in [0.1, 0.15) is 5.69 Å². The molecule has 1 heterocycles. The van der Waals surface area contributed by atoms with Gasteiger partial charge in [0.2, 0.25) is 0 Å². The molecule has 1 aromatic rings. The van der Waals surface area contributed by atoms with Crippen LogP contribution in [0, 0.1) is 17.0 Å². The van der Waals surface area contributed by atoms with Crippen molar-refractivity contribution in [2.45, 2.75) is 6.92 Å². The molecule has 0 aliphatic rings. The second kappa shape index (κ2) is 2.69. The van der Waals surface area contributed by atoms with E-state index >= 15 is 0 Å². The summed E-state index contributed by atoms with van der Waals surface area (Å²) in [7, 11) is 1.80. The van der Waals surface area contributed by atoms with E-state index in [1.54, 1.807) is 20.8 Å². The van der Waals surface area contributed by atoms with E-state index in [0.29, 0.717) is 5.69 Å². The van der Waals surface area contributed by atoms with Crippen LogP contribution in [0.3, 0.4) is 0 Å². The second-order valence-corrected chi connectivity index (χ2v) is 2.31. The van der Waals surface area contributed by atoms with Gasteiger partial charge in [-0.05, 0) is 18.6 Å². The van der Waals surface area contributed by atoms with Crippen LogP contribution < -0.4 is 5.59 Å². The van der Waals surface area contributed by atoms with Crippen molar-refractivity contribution in [2.75, 3.05) is 0 Å². The maximum atomic E-state index is 10.3. The average Bonchev–Trinajstić information content (AvgIpc) is 1.85. The summed E-state index contributed by atoms with van der Waals surface area (Å²) in [4.78, 5) is 13.8. The number of hydrogen-bond acceptors (Lipinski definition) is 3. The first-order valence-electron chi connectivity index (χ1n) is 3.20. The molecule has 0 saturated heterocycles. The summed E-state index contributed by atoms with van der Waals surface area (Å²) in [6.07, 6.45) is 0. The van der Waals surface area contributed by atoms with Crippen LogP contribution in [0.4, 0.5) is 5.69 Å². The van der Waals surface area contributed by atoms with Crippen molar-refractivity contribution in [1.29, 1.82) is 0 Å². The Labute approximate surface area is 64.8 Å². The quantitative estimate of drug-likeness (QED) is 0.309. The summed E-state index contributed by atoms with van der Waals surface area (Å²) in [6.45, 7) is 1.63. The zero-order valence-corrected chi connectivity index (χ0v) is 6.37. The van der Waals surface area contributed by atoms with E-state index in [1.807, 2.05) is 0 Å². The third-order valence-corrected chi connectivity index (χ3v) is 1.39. The minimum atomic E-state index is -0.429. The van der Waals surface area contributed by atoms with E-state index < -0.39 is 4.92 Å². The van der Waals surface area contributed by atoms with Gasteiger partial charge in [-0.3, -0.25) is 15.1 Å². The molecule has 5 heteroatoms. The number of nitro groups is 1. The van der Waals surface area contributed by atoms with Gasteiger partial charge in [0.15, 0.2) is 7.85 Å². The van der Waals surface area contributed by atoms with Gasteiger partial charge in [0, 0.05) is 6.07 Å². The number of aromatic nitrogens is 1. The topological polar surface area (TPSA) is 56.0 Å². The summed E-state index contributed by atoms with van der Waals surface area (Å²) >= 11 is 0. The highest BCUT2D eigenvalue weighted by Crippen LogP contribution is 2.11. The van der Waals surface area contributed by atoms with E-state index in [0.717, 1.165) is 5.59 Å². The van der Waals surface area contributed by atoms with Crippen molar-refractivity contribution in [3.63, 3.8) is 0 Å². The smallest absolute Gasteiger partial charge is 0.262 e. The lowest BCUT2D eigenvalue weighted by atomic mass is 10.0. The molecule has 0 atom stereocenters. The number of pyridine rings is 1. The van der Waals surface area contributed by atoms with Crippen LogP contribution in [0.5, 0.6) is 0 Å². The largest absolute Gasteiger partial charge is 0.290 e. The van der Waals surface area contributed by atoms with Crippen LogP contribution in [0.2, 0.25) is 0 Å². The summed E-state index contributed by atoms with van der Waals surface area (Å²) in [5.74, 6) is 0. The number of hydrogen-bond donors (Lipinski definition) is 0. The highest BCUT2D eigenvalue weighted by molar-refractivity contribution is 6.30. The predicted molar refractivity (Wildman–Crippen MR) is 43.8 cm³/mol. The molecule has 0 amide bonds. The molecule has 0 fully saturated rings. The summed E-state index contributed by atoms with van der Waals surface area (Å²) < 4.78 is 0. The highest BCUT2D eigenvalue weighted by Gasteiger charge is 2.09. The summed E-state index contributed by atoms with van der Waals surface area (Å²) in [6, 6.07) is 3.10. The molecule has 0 aliphatic heterocycles. The third kappa shape index (κ3) is 1.55. The van der Waals surface area contributed by atoms with Gasteiger partial charge in [0.05, 0.1) is 4.92 Å². The fourth-order valence-electron chi connectivity index (χ4n) is 0.872. The minimum Gasteiger partial charge on any atom is -0.262 e. The maximum Gasteiger partial charge on any atom is 0.290 e. The summed E-state index contributed by atoms with van der Waals surface area (Å²) in [5.41, 5.74) is 1.35. The molecule has 11 heavy (non-hydrogen) atoms. The lowest BCUT2D eigenvalue weighted by Crippen LogP contribution is -2.09. The Balaban J connectivity index is 3.20. The Kier molecular flexibility index (Phi) is 1.89. The van der Waals surface area contributed by atoms with Gasteiger partial charge in [0.25, 0.3) is 5.69 Å². The standard InChI is InChI=1S/C6H7BN2O2/c1-4-5(9(10)11)2-3-6(7)8-4/h2-3H,7H2,1H3. The number of aryl methyl sites for hydroxylation is 1. The van der Waals surface area contributed by atoms with E-state index in [9.17, 15) is 10.1 Å². The van der Waals surface area contributed by atoms with Crippen LogP contribution in [0.25, 0.3) is 0 Å². The zero-order valence-electron chi connectivity index (χ0n) is 6.37. The Morgan fingerprint density at radius 1 is 1.64 bits per heavy atom. The van der Waals surface area contributed by atoms with Gasteiger partial charge in [-0.2, -0.15) is 0 Å². The molecule has 0 N–H and O–H groups in total. The molecule has 0 aromatic carbocycles. The zero-order chi connectivity index (χ0) is 8.43. The second-order valence-electron chi connectivity index (χ2n) is 2.31. The minimum absolute atomic E-state index is 0.0793. The van der Waals surface area contributed by atoms with Crippen molar-refractivity contribution in [3.05, 3.63) is 27.9 Å². The Morgan fingerprint density at radius 2 is 2.27 bits per heavy atom. The number of rotatable bonds is 1. The lowest BCUT2D eigenvalue weighted by Gasteiger charge is -1.96. The maximum absolute atomic E-state index is 10.3. The first-order valence-corrected chi connectivity index (χ1v) is 3.20. The van der Waals surface area contributed by atoms with Gasteiger partial charge in [-0.15, -0.1) is 0 Å². The Hall–Kier alpha value is -1.39. The molecule has 0 radical (unpaired) electrons. The van der Waals surface area contributed by atoms with Crippen molar-refractivity contribution in [3.8, 4) is 0 Å². The van der Waals surface area contributed by atoms with Crippen molar-refractivity contribution >= 4 is 19.1 Å². The molecule has 1 aromatic heterocycles. The van der Waals surface area contributed by atoms with Gasteiger partial charge >= 0.3 is 0 Å². The molecular formula is C6H7BN2O2. The Bertz CT molecular complexity index is 301. The fraction of sp³-hybridized carbons (Fsp3) is 0.167. The predicted octanol–water partition coefficient (Wildman–Crippen LogP) is -0.443. The number of nitrogens with zero attached hydrogens (tertiary/aromatic N) is 2. The summed E-state index contributed by atoms with van der Waals surface area (Å²) in [5, 5.41) is 10.3. The van der Waals surface area contributed by atoms with E-state index in [4.69, 9.17) is 0 Å². The molecule has 1 rings (SSSR count). The van der Waals surface area contributed by atoms with Gasteiger partial charge < -0.3 is 0 Å². The average molecular weight is 150 g/mol. The lowest BCUT2D eigenvalue weighted by molar-refractivity contribution is -0.385. The molecular weight excluding hydrogens is 143 g/mol. The fourth-order valence-corrected chi connectivity index (χ4v) is 0.872. The molecule has 0 unspecified atom stereocenters. The van der Waals surface area contributed by atoms with Crippen molar-refractivity contribution < 1.29 is 4.92 Å². The Morgan fingerprint density at radius 3 is 2.73 bits per heavy atom. The van der Waals surface area contributed by atoms with Crippen molar-refractivity contribution in [1.82, 2.24) is 4.98 Å². The third-order valence-electron chi connectivity index (χ3n) is 1.39. The van der Waals surface area contributed by atoms with Gasteiger partial charge in [0.1, 0.15) is 5.69 Å². The molecule has 0 bridgehead atoms. The van der Waals surface area contributed by atoms with Crippen LogP contribution in [0.15, 0.2) is 12.1 Å². The first-order chi connectivity index (χ1) is 5.11. The van der Waals surface area contributed by atoms with Crippen LogP contribution >= 0.6 is 0 Å². The molecule has 56 valence electrons. The van der Waals surface area contributed by atoms with E-state index in [-0.39, 0.29) is 5.69 Å². The van der Waals surface area contributed by atoms with Gasteiger partial charge in [-0.1, -0.05) is 0 Å².